The second-order valence-electron chi connectivity index (χ2n) is 7.93. The summed E-state index contributed by atoms with van der Waals surface area (Å²) in [7, 11) is 0. The number of hydrogen-bond acceptors (Lipinski definition) is 6. The molecule has 4 rings (SSSR count). The zero-order valence-electron chi connectivity index (χ0n) is 17.5. The molecule has 0 unspecified atom stereocenters. The zero-order chi connectivity index (χ0) is 22.0. The first kappa shape index (κ1) is 20.9. The molecule has 0 radical (unpaired) electrons. The predicted molar refractivity (Wildman–Crippen MR) is 111 cm³/mol. The van der Waals surface area contributed by atoms with Crippen LogP contribution in [0.4, 0.5) is 4.39 Å². The number of likely N-dealkylation sites (tertiary alicyclic amines) is 1. The van der Waals surface area contributed by atoms with E-state index < -0.39 is 5.82 Å². The molecule has 1 amide bonds. The lowest BCUT2D eigenvalue weighted by Crippen LogP contribution is -2.43. The molecule has 1 saturated heterocycles. The first-order valence-corrected chi connectivity index (χ1v) is 10.3. The van der Waals surface area contributed by atoms with Crippen LogP contribution in [-0.2, 0) is 17.8 Å². The van der Waals surface area contributed by atoms with E-state index in [9.17, 15) is 14.0 Å². The van der Waals surface area contributed by atoms with Crippen molar-refractivity contribution in [1.82, 2.24) is 24.6 Å². The van der Waals surface area contributed by atoms with Gasteiger partial charge in [-0.25, -0.2) is 9.37 Å². The Morgan fingerprint density at radius 3 is 2.90 bits per heavy atom. The maximum atomic E-state index is 13.9. The van der Waals surface area contributed by atoms with E-state index in [4.69, 9.17) is 4.52 Å². The first-order valence-electron chi connectivity index (χ1n) is 10.3. The zero-order valence-corrected chi connectivity index (χ0v) is 17.5. The van der Waals surface area contributed by atoms with Crippen LogP contribution >= 0.6 is 0 Å². The van der Waals surface area contributed by atoms with Gasteiger partial charge in [0.2, 0.25) is 17.6 Å². The summed E-state index contributed by atoms with van der Waals surface area (Å²) in [5.41, 5.74) is 1.32. The van der Waals surface area contributed by atoms with Gasteiger partial charge < -0.3 is 9.42 Å². The number of aryl methyl sites for hydroxylation is 1. The standard InChI is InChI=1S/C22H24FN5O3/c1-14-15(2)24-13-28(22(14)30)12-20(29)27-9-5-6-16(11-27)10-19-25-21(26-31-19)17-7-3-4-8-18(17)23/h3-4,7-8,13,16H,5-6,9-12H2,1-2H3/t16-/m0/s1. The summed E-state index contributed by atoms with van der Waals surface area (Å²) in [5.74, 6) is 0.279. The van der Waals surface area contributed by atoms with Crippen LogP contribution in [0.2, 0.25) is 0 Å². The SMILES string of the molecule is Cc1ncn(CC(=O)N2CCC[C@@H](Cc3nc(-c4ccccc4F)no3)C2)c(=O)c1C. The van der Waals surface area contributed by atoms with Gasteiger partial charge in [-0.2, -0.15) is 4.98 Å². The fourth-order valence-electron chi connectivity index (χ4n) is 3.83. The molecule has 0 bridgehead atoms. The number of hydrogen-bond donors (Lipinski definition) is 0. The molecule has 1 fully saturated rings. The first-order chi connectivity index (χ1) is 14.9. The van der Waals surface area contributed by atoms with Gasteiger partial charge in [0.05, 0.1) is 11.9 Å². The van der Waals surface area contributed by atoms with E-state index in [2.05, 4.69) is 15.1 Å². The molecular weight excluding hydrogens is 401 g/mol. The molecule has 8 nitrogen and oxygen atoms in total. The molecule has 0 N–H and O–H groups in total. The summed E-state index contributed by atoms with van der Waals surface area (Å²) in [6, 6.07) is 6.28. The summed E-state index contributed by atoms with van der Waals surface area (Å²) in [4.78, 5) is 35.4. The highest BCUT2D eigenvalue weighted by Gasteiger charge is 2.26. The lowest BCUT2D eigenvalue weighted by Gasteiger charge is -2.32. The molecule has 1 atom stereocenters. The van der Waals surface area contributed by atoms with E-state index in [-0.39, 0.29) is 29.8 Å². The number of carbonyl (C=O) groups excluding carboxylic acids is 1. The number of piperidine rings is 1. The number of nitrogens with zero attached hydrogens (tertiary/aromatic N) is 5. The second-order valence-corrected chi connectivity index (χ2v) is 7.93. The van der Waals surface area contributed by atoms with Gasteiger partial charge in [0.15, 0.2) is 0 Å². The van der Waals surface area contributed by atoms with Crippen LogP contribution in [0, 0.1) is 25.6 Å². The van der Waals surface area contributed by atoms with Crippen molar-refractivity contribution in [2.45, 2.75) is 39.7 Å². The number of halogens is 1. The Hall–Kier alpha value is -3.36. The van der Waals surface area contributed by atoms with Gasteiger partial charge in [0, 0.05) is 30.8 Å². The Kier molecular flexibility index (Phi) is 5.92. The van der Waals surface area contributed by atoms with Crippen LogP contribution < -0.4 is 5.56 Å². The molecule has 162 valence electrons. The smallest absolute Gasteiger partial charge is 0.256 e. The Balaban J connectivity index is 1.40. The number of aromatic nitrogens is 4. The van der Waals surface area contributed by atoms with E-state index >= 15 is 0 Å². The third kappa shape index (κ3) is 4.55. The minimum Gasteiger partial charge on any atom is -0.341 e. The van der Waals surface area contributed by atoms with Gasteiger partial charge in [0.25, 0.3) is 5.56 Å². The minimum atomic E-state index is -0.402. The molecule has 1 aliphatic rings. The fourth-order valence-corrected chi connectivity index (χ4v) is 3.83. The van der Waals surface area contributed by atoms with E-state index in [1.54, 1.807) is 36.9 Å². The number of carbonyl (C=O) groups is 1. The van der Waals surface area contributed by atoms with Gasteiger partial charge in [0.1, 0.15) is 12.4 Å². The molecule has 0 aliphatic carbocycles. The van der Waals surface area contributed by atoms with Crippen LogP contribution in [-0.4, -0.2) is 43.6 Å². The monoisotopic (exact) mass is 425 g/mol. The third-order valence-electron chi connectivity index (χ3n) is 5.74. The van der Waals surface area contributed by atoms with Crippen molar-refractivity contribution < 1.29 is 13.7 Å². The van der Waals surface area contributed by atoms with Gasteiger partial charge in [-0.05, 0) is 44.7 Å². The highest BCUT2D eigenvalue weighted by Crippen LogP contribution is 2.23. The van der Waals surface area contributed by atoms with E-state index in [0.29, 0.717) is 42.2 Å². The molecule has 9 heteroatoms. The van der Waals surface area contributed by atoms with Crippen LogP contribution in [0.3, 0.4) is 0 Å². The molecule has 3 heterocycles. The van der Waals surface area contributed by atoms with Gasteiger partial charge in [-0.15, -0.1) is 0 Å². The average Bonchev–Trinajstić information content (AvgIpc) is 3.22. The van der Waals surface area contributed by atoms with Gasteiger partial charge in [-0.3, -0.25) is 14.2 Å². The highest BCUT2D eigenvalue weighted by atomic mass is 19.1. The number of benzene rings is 1. The summed E-state index contributed by atoms with van der Waals surface area (Å²) in [6.07, 6.45) is 3.71. The molecule has 3 aromatic rings. The van der Waals surface area contributed by atoms with E-state index in [1.165, 1.54) is 17.0 Å². The van der Waals surface area contributed by atoms with Crippen LogP contribution in [0.25, 0.3) is 11.4 Å². The summed E-state index contributed by atoms with van der Waals surface area (Å²) in [5, 5.41) is 3.90. The normalized spacial score (nSPS) is 16.5. The molecule has 0 saturated carbocycles. The summed E-state index contributed by atoms with van der Waals surface area (Å²) >= 11 is 0. The van der Waals surface area contributed by atoms with Crippen molar-refractivity contribution in [3.63, 3.8) is 0 Å². The van der Waals surface area contributed by atoms with E-state index in [0.717, 1.165) is 12.8 Å². The molecule has 1 aromatic carbocycles. The second kappa shape index (κ2) is 8.79. The van der Waals surface area contributed by atoms with Crippen molar-refractivity contribution in [2.75, 3.05) is 13.1 Å². The Morgan fingerprint density at radius 2 is 2.10 bits per heavy atom. The number of rotatable bonds is 5. The van der Waals surface area contributed by atoms with Crippen molar-refractivity contribution in [2.24, 2.45) is 5.92 Å². The molecule has 0 spiro atoms. The Morgan fingerprint density at radius 1 is 1.29 bits per heavy atom. The third-order valence-corrected chi connectivity index (χ3v) is 5.74. The minimum absolute atomic E-state index is 0.0301. The van der Waals surface area contributed by atoms with Crippen LogP contribution in [0.1, 0.15) is 30.0 Å². The topological polar surface area (TPSA) is 94.1 Å². The van der Waals surface area contributed by atoms with Crippen molar-refractivity contribution in [3.05, 3.63) is 63.9 Å². The van der Waals surface area contributed by atoms with E-state index in [1.807, 2.05) is 0 Å². The van der Waals surface area contributed by atoms with Gasteiger partial charge in [-0.1, -0.05) is 17.3 Å². The average molecular weight is 425 g/mol. The molecular formula is C22H24FN5O3. The number of amides is 1. The van der Waals surface area contributed by atoms with Crippen LogP contribution in [0.15, 0.2) is 39.9 Å². The maximum absolute atomic E-state index is 13.9. The molecule has 2 aromatic heterocycles. The fraction of sp³-hybridized carbons (Fsp3) is 0.409. The van der Waals surface area contributed by atoms with Crippen molar-refractivity contribution in [1.29, 1.82) is 0 Å². The predicted octanol–water partition coefficient (Wildman–Crippen LogP) is 2.53. The quantitative estimate of drug-likeness (QED) is 0.624. The largest absolute Gasteiger partial charge is 0.341 e. The lowest BCUT2D eigenvalue weighted by molar-refractivity contribution is -0.133. The van der Waals surface area contributed by atoms with Gasteiger partial charge >= 0.3 is 0 Å². The van der Waals surface area contributed by atoms with Crippen molar-refractivity contribution >= 4 is 5.91 Å². The lowest BCUT2D eigenvalue weighted by atomic mass is 9.94. The molecule has 31 heavy (non-hydrogen) atoms. The Bertz CT molecular complexity index is 1160. The molecule has 1 aliphatic heterocycles. The van der Waals surface area contributed by atoms with Crippen LogP contribution in [0.5, 0.6) is 0 Å². The van der Waals surface area contributed by atoms with Crippen molar-refractivity contribution in [3.8, 4) is 11.4 Å². The summed E-state index contributed by atoms with van der Waals surface area (Å²) in [6.45, 7) is 4.64. The Labute approximate surface area is 178 Å². The maximum Gasteiger partial charge on any atom is 0.256 e. The summed E-state index contributed by atoms with van der Waals surface area (Å²) < 4.78 is 20.6. The highest BCUT2D eigenvalue weighted by molar-refractivity contribution is 5.76.